The summed E-state index contributed by atoms with van der Waals surface area (Å²) in [5, 5.41) is 4.61. The number of rotatable bonds is 6. The van der Waals surface area contributed by atoms with Crippen molar-refractivity contribution in [2.24, 2.45) is 0 Å². The second-order valence-corrected chi connectivity index (χ2v) is 8.08. The van der Waals surface area contributed by atoms with Gasteiger partial charge in [0.05, 0.1) is 0 Å². The summed E-state index contributed by atoms with van der Waals surface area (Å²) in [7, 11) is 0. The van der Waals surface area contributed by atoms with E-state index in [1.807, 2.05) is 12.1 Å². The van der Waals surface area contributed by atoms with Crippen molar-refractivity contribution in [3.8, 4) is 0 Å². The number of nitrogens with zero attached hydrogens (tertiary/aromatic N) is 1. The third-order valence-corrected chi connectivity index (χ3v) is 5.91. The van der Waals surface area contributed by atoms with E-state index in [0.29, 0.717) is 12.0 Å². The average Bonchev–Trinajstić information content (AvgIpc) is 2.75. The molecule has 3 aromatic rings. The van der Waals surface area contributed by atoms with Gasteiger partial charge >= 0.3 is 0 Å². The van der Waals surface area contributed by atoms with Gasteiger partial charge in [-0.05, 0) is 35.2 Å². The van der Waals surface area contributed by atoms with Crippen LogP contribution in [0.2, 0.25) is 5.02 Å². The maximum atomic E-state index is 6.02. The van der Waals surface area contributed by atoms with Gasteiger partial charge < -0.3 is 5.32 Å². The van der Waals surface area contributed by atoms with Crippen LogP contribution in [0.25, 0.3) is 0 Å². The fourth-order valence-corrected chi connectivity index (χ4v) is 4.26. The summed E-state index contributed by atoms with van der Waals surface area (Å²) in [5.41, 5.74) is 4.10. The molecule has 4 rings (SSSR count). The topological polar surface area (TPSA) is 15.3 Å². The Bertz CT molecular complexity index is 849. The van der Waals surface area contributed by atoms with Crippen LogP contribution in [0.4, 0.5) is 0 Å². The Labute approximate surface area is 173 Å². The van der Waals surface area contributed by atoms with Gasteiger partial charge in [-0.15, -0.1) is 0 Å². The molecule has 2 nitrogen and oxygen atoms in total. The van der Waals surface area contributed by atoms with Crippen molar-refractivity contribution in [1.82, 2.24) is 10.2 Å². The fraction of sp³-hybridized carbons (Fsp3) is 0.280. The Kier molecular flexibility index (Phi) is 6.43. The minimum Gasteiger partial charge on any atom is -0.309 e. The molecule has 0 radical (unpaired) electrons. The molecule has 0 unspecified atom stereocenters. The van der Waals surface area contributed by atoms with Crippen LogP contribution in [0.1, 0.15) is 29.0 Å². The quantitative estimate of drug-likeness (QED) is 0.598. The van der Waals surface area contributed by atoms with Crippen LogP contribution in [0, 0.1) is 0 Å². The van der Waals surface area contributed by atoms with Crippen LogP contribution >= 0.6 is 11.6 Å². The zero-order valence-corrected chi connectivity index (χ0v) is 16.9. The van der Waals surface area contributed by atoms with Gasteiger partial charge in [0.1, 0.15) is 0 Å². The van der Waals surface area contributed by atoms with Crippen molar-refractivity contribution in [2.45, 2.75) is 31.5 Å². The van der Waals surface area contributed by atoms with Crippen LogP contribution in [-0.2, 0) is 13.1 Å². The first-order chi connectivity index (χ1) is 13.8. The van der Waals surface area contributed by atoms with Crippen LogP contribution in [0.15, 0.2) is 84.9 Å². The molecule has 3 heteroatoms. The van der Waals surface area contributed by atoms with Gasteiger partial charge in [0.25, 0.3) is 0 Å². The van der Waals surface area contributed by atoms with E-state index in [9.17, 15) is 0 Å². The second-order valence-electron chi connectivity index (χ2n) is 7.64. The number of nitrogens with one attached hydrogen (secondary N) is 1. The first-order valence-corrected chi connectivity index (χ1v) is 10.4. The molecule has 0 aliphatic carbocycles. The molecule has 0 saturated carbocycles. The summed E-state index contributed by atoms with van der Waals surface area (Å²) in [4.78, 5) is 2.59. The fourth-order valence-electron chi connectivity index (χ4n) is 4.14. The highest BCUT2D eigenvalue weighted by molar-refractivity contribution is 6.30. The highest BCUT2D eigenvalue weighted by Gasteiger charge is 2.30. The van der Waals surface area contributed by atoms with E-state index < -0.39 is 0 Å². The van der Waals surface area contributed by atoms with E-state index in [0.717, 1.165) is 37.6 Å². The Morgan fingerprint density at radius 1 is 0.821 bits per heavy atom. The molecule has 0 spiro atoms. The lowest BCUT2D eigenvalue weighted by Gasteiger charge is -2.39. The zero-order valence-electron chi connectivity index (χ0n) is 16.1. The maximum absolute atomic E-state index is 6.02. The summed E-state index contributed by atoms with van der Waals surface area (Å²) < 4.78 is 0. The lowest BCUT2D eigenvalue weighted by Crippen LogP contribution is -2.47. The van der Waals surface area contributed by atoms with E-state index in [4.69, 9.17) is 11.6 Å². The standard InChI is InChI=1S/C25H27ClN2/c26-23-13-11-20(12-14-23)17-27-25-15-16-28(18-21-7-3-1-4-8-21)19-24(25)22-9-5-2-6-10-22/h1-14,24-25,27H,15-19H2/t24-,25-/m0/s1. The molecule has 1 fully saturated rings. The highest BCUT2D eigenvalue weighted by atomic mass is 35.5. The van der Waals surface area contributed by atoms with Gasteiger partial charge in [0.15, 0.2) is 0 Å². The van der Waals surface area contributed by atoms with Crippen LogP contribution in [0.5, 0.6) is 0 Å². The molecular formula is C25H27ClN2. The van der Waals surface area contributed by atoms with Gasteiger partial charge in [0, 0.05) is 43.2 Å². The van der Waals surface area contributed by atoms with E-state index in [2.05, 4.69) is 83.0 Å². The third-order valence-electron chi connectivity index (χ3n) is 5.66. The normalized spacial score (nSPS) is 20.2. The molecule has 0 aromatic heterocycles. The van der Waals surface area contributed by atoms with Crippen molar-refractivity contribution in [3.63, 3.8) is 0 Å². The molecule has 1 N–H and O–H groups in total. The molecule has 1 aliphatic heterocycles. The molecule has 0 bridgehead atoms. The number of hydrogen-bond acceptors (Lipinski definition) is 2. The highest BCUT2D eigenvalue weighted by Crippen LogP contribution is 2.28. The molecule has 1 saturated heterocycles. The van der Waals surface area contributed by atoms with Crippen molar-refractivity contribution in [3.05, 3.63) is 107 Å². The average molecular weight is 391 g/mol. The van der Waals surface area contributed by atoms with E-state index in [1.54, 1.807) is 0 Å². The van der Waals surface area contributed by atoms with E-state index >= 15 is 0 Å². The van der Waals surface area contributed by atoms with Gasteiger partial charge in [0.2, 0.25) is 0 Å². The van der Waals surface area contributed by atoms with E-state index in [-0.39, 0.29) is 0 Å². The van der Waals surface area contributed by atoms with Crippen LogP contribution in [0.3, 0.4) is 0 Å². The lowest BCUT2D eigenvalue weighted by molar-refractivity contribution is 0.166. The second kappa shape index (κ2) is 9.38. The Morgan fingerprint density at radius 3 is 2.21 bits per heavy atom. The number of halogens is 1. The molecular weight excluding hydrogens is 364 g/mol. The largest absolute Gasteiger partial charge is 0.309 e. The number of hydrogen-bond donors (Lipinski definition) is 1. The minimum absolute atomic E-state index is 0.477. The number of benzene rings is 3. The van der Waals surface area contributed by atoms with Crippen LogP contribution < -0.4 is 5.32 Å². The first-order valence-electron chi connectivity index (χ1n) is 10.1. The molecule has 1 aliphatic rings. The van der Waals surface area contributed by atoms with Crippen molar-refractivity contribution >= 4 is 11.6 Å². The summed E-state index contributed by atoms with van der Waals surface area (Å²) >= 11 is 6.02. The summed E-state index contributed by atoms with van der Waals surface area (Å²) in [6, 6.07) is 30.4. The predicted molar refractivity (Wildman–Crippen MR) is 118 cm³/mol. The van der Waals surface area contributed by atoms with Crippen molar-refractivity contribution in [2.75, 3.05) is 13.1 Å². The van der Waals surface area contributed by atoms with E-state index in [1.165, 1.54) is 16.7 Å². The molecule has 1 heterocycles. The molecule has 144 valence electrons. The van der Waals surface area contributed by atoms with Crippen LogP contribution in [-0.4, -0.2) is 24.0 Å². The molecule has 2 atom stereocenters. The van der Waals surface area contributed by atoms with Gasteiger partial charge in [-0.2, -0.15) is 0 Å². The summed E-state index contributed by atoms with van der Waals surface area (Å²) in [6.45, 7) is 4.10. The Morgan fingerprint density at radius 2 is 1.50 bits per heavy atom. The maximum Gasteiger partial charge on any atom is 0.0406 e. The lowest BCUT2D eigenvalue weighted by atomic mass is 9.85. The number of piperidine rings is 1. The smallest absolute Gasteiger partial charge is 0.0406 e. The summed E-state index contributed by atoms with van der Waals surface area (Å²) in [5.74, 6) is 0.492. The first kappa shape index (κ1) is 19.2. The summed E-state index contributed by atoms with van der Waals surface area (Å²) in [6.07, 6.45) is 1.15. The third kappa shape index (κ3) is 5.02. The predicted octanol–water partition coefficient (Wildman–Crippen LogP) is 5.49. The SMILES string of the molecule is Clc1ccc(CN[C@H]2CCN(Cc3ccccc3)C[C@H]2c2ccccc2)cc1. The van der Waals surface area contributed by atoms with Crippen molar-refractivity contribution < 1.29 is 0 Å². The van der Waals surface area contributed by atoms with Gasteiger partial charge in [-0.25, -0.2) is 0 Å². The minimum atomic E-state index is 0.477. The zero-order chi connectivity index (χ0) is 19.2. The van der Waals surface area contributed by atoms with Gasteiger partial charge in [-0.1, -0.05) is 84.4 Å². The molecule has 0 amide bonds. The molecule has 3 aromatic carbocycles. The number of likely N-dealkylation sites (tertiary alicyclic amines) is 1. The van der Waals surface area contributed by atoms with Gasteiger partial charge in [-0.3, -0.25) is 4.90 Å². The Balaban J connectivity index is 1.45. The molecule has 28 heavy (non-hydrogen) atoms. The van der Waals surface area contributed by atoms with Crippen molar-refractivity contribution in [1.29, 1.82) is 0 Å². The monoisotopic (exact) mass is 390 g/mol. The Hall–Kier alpha value is -2.13.